The van der Waals surface area contributed by atoms with Gasteiger partial charge in [0.25, 0.3) is 0 Å². The van der Waals surface area contributed by atoms with Crippen LogP contribution in [0, 0.1) is 0 Å². The van der Waals surface area contributed by atoms with Gasteiger partial charge in [0.2, 0.25) is 0 Å². The molecular weight excluding hydrogens is 331 g/mol. The van der Waals surface area contributed by atoms with E-state index in [-0.39, 0.29) is 13.2 Å². The maximum Gasteiger partial charge on any atom is 0.532 e. The summed E-state index contributed by atoms with van der Waals surface area (Å²) in [6, 6.07) is 0. The Bertz CT molecular complexity index is 329. The highest BCUT2D eigenvalue weighted by Crippen LogP contribution is 2.51. The van der Waals surface area contributed by atoms with Crippen LogP contribution in [0.4, 0.5) is 0 Å². The average Bonchev–Trinajstić information content (AvgIpc) is 2.60. The summed E-state index contributed by atoms with van der Waals surface area (Å²) >= 11 is 0. The lowest BCUT2D eigenvalue weighted by atomic mass is 10.1. The van der Waals surface area contributed by atoms with E-state index >= 15 is 0 Å². The van der Waals surface area contributed by atoms with E-state index in [1.807, 2.05) is 0 Å². The quantitative estimate of drug-likeness (QED) is 0.231. The van der Waals surface area contributed by atoms with Crippen LogP contribution in [-0.2, 0) is 43.3 Å². The molecule has 2 unspecified atom stereocenters. The first-order valence-corrected chi connectivity index (χ1v) is 9.53. The minimum absolute atomic E-state index is 0.0574. The Kier molecular flexibility index (Phi) is 12.1. The summed E-state index contributed by atoms with van der Waals surface area (Å²) in [6.45, 7) is 3.99. The van der Waals surface area contributed by atoms with Crippen molar-refractivity contribution in [1.29, 1.82) is 0 Å². The van der Waals surface area contributed by atoms with Crippen LogP contribution >= 0.6 is 7.82 Å². The molecule has 0 N–H and O–H groups in total. The largest absolute Gasteiger partial charge is 0.532 e. The Morgan fingerprint density at radius 3 is 2.43 bits per heavy atom. The normalized spacial score (nSPS) is 26.4. The third-order valence-corrected chi connectivity index (χ3v) is 4.21. The lowest BCUT2D eigenvalue weighted by Crippen LogP contribution is -2.15. The van der Waals surface area contributed by atoms with Gasteiger partial charge in [-0.05, 0) is 28.5 Å². The molecule has 1 rings (SSSR count). The summed E-state index contributed by atoms with van der Waals surface area (Å²) in [5.74, 6) is 0. The van der Waals surface area contributed by atoms with Crippen molar-refractivity contribution < 1.29 is 43.3 Å². The first kappa shape index (κ1) is 21.0. The summed E-state index contributed by atoms with van der Waals surface area (Å²) in [5.41, 5.74) is 0. The van der Waals surface area contributed by atoms with Gasteiger partial charge < -0.3 is 0 Å². The highest BCUT2D eigenvalue weighted by Gasteiger charge is 2.35. The number of unbranched alkanes of at least 4 members (excludes halogenated alkanes) is 7. The van der Waals surface area contributed by atoms with Crippen LogP contribution in [0.2, 0.25) is 0 Å². The Morgan fingerprint density at radius 1 is 1.00 bits per heavy atom. The molecule has 1 saturated heterocycles. The van der Waals surface area contributed by atoms with Crippen LogP contribution in [0.3, 0.4) is 0 Å². The summed E-state index contributed by atoms with van der Waals surface area (Å²) in [4.78, 5) is 9.37. The first-order valence-electron chi connectivity index (χ1n) is 8.07. The van der Waals surface area contributed by atoms with Gasteiger partial charge in [-0.3, -0.25) is 4.52 Å². The second-order valence-electron chi connectivity index (χ2n) is 5.30. The molecule has 0 spiro atoms. The molecule has 10 heteroatoms. The average molecular weight is 358 g/mol. The Balaban J connectivity index is 2.07. The van der Waals surface area contributed by atoms with Gasteiger partial charge in [0.15, 0.2) is 0 Å². The number of hydrogen-bond acceptors (Lipinski definition) is 9. The van der Waals surface area contributed by atoms with Gasteiger partial charge >= 0.3 is 7.82 Å². The van der Waals surface area contributed by atoms with Gasteiger partial charge in [0, 0.05) is 0 Å². The maximum atomic E-state index is 12.1. The van der Waals surface area contributed by atoms with E-state index in [9.17, 15) is 4.57 Å². The van der Waals surface area contributed by atoms with Crippen molar-refractivity contribution in [3.8, 4) is 0 Å². The van der Waals surface area contributed by atoms with E-state index in [4.69, 9.17) is 9.41 Å². The molecule has 0 bridgehead atoms. The minimum Gasteiger partial charge on any atom is -0.278 e. The maximum absolute atomic E-state index is 12.1. The molecule has 1 heterocycles. The van der Waals surface area contributed by atoms with E-state index in [1.165, 1.54) is 32.1 Å². The molecule has 1 aliphatic heterocycles. The third kappa shape index (κ3) is 11.1. The highest BCUT2D eigenvalue weighted by atomic mass is 31.2. The molecule has 0 aromatic rings. The molecule has 0 saturated carbocycles. The zero-order valence-electron chi connectivity index (χ0n) is 13.8. The number of rotatable bonds is 11. The van der Waals surface area contributed by atoms with E-state index in [1.54, 1.807) is 6.92 Å². The molecule has 1 aliphatic rings. The molecule has 138 valence electrons. The minimum atomic E-state index is -4.07. The lowest BCUT2D eigenvalue weighted by Gasteiger charge is -2.16. The van der Waals surface area contributed by atoms with Crippen molar-refractivity contribution in [2.75, 3.05) is 13.2 Å². The Hall–Kier alpha value is -0.0900. The SMILES string of the molecule is CCCCCCCCCCOOP1(=O)OOOOOCC(C)O1. The van der Waals surface area contributed by atoms with Crippen molar-refractivity contribution in [2.24, 2.45) is 0 Å². The van der Waals surface area contributed by atoms with E-state index in [2.05, 4.69) is 36.3 Å². The van der Waals surface area contributed by atoms with Crippen molar-refractivity contribution in [3.63, 3.8) is 0 Å². The van der Waals surface area contributed by atoms with Crippen molar-refractivity contribution in [3.05, 3.63) is 0 Å². The van der Waals surface area contributed by atoms with E-state index in [0.717, 1.165) is 19.3 Å². The lowest BCUT2D eigenvalue weighted by molar-refractivity contribution is -0.692. The molecular formula is C13H27O9P. The van der Waals surface area contributed by atoms with Gasteiger partial charge in [0.1, 0.15) is 6.61 Å². The Labute approximate surface area is 136 Å². The van der Waals surface area contributed by atoms with Gasteiger partial charge in [-0.2, -0.15) is 0 Å². The molecule has 2 atom stereocenters. The summed E-state index contributed by atoms with van der Waals surface area (Å²) < 4.78 is 26.2. The first-order chi connectivity index (χ1) is 11.2. The molecule has 23 heavy (non-hydrogen) atoms. The molecule has 1 fully saturated rings. The smallest absolute Gasteiger partial charge is 0.278 e. The zero-order valence-corrected chi connectivity index (χ0v) is 14.7. The number of phosphoric acid groups is 1. The van der Waals surface area contributed by atoms with Crippen molar-refractivity contribution in [2.45, 2.75) is 71.3 Å². The molecule has 9 nitrogen and oxygen atoms in total. The predicted octanol–water partition coefficient (Wildman–Crippen LogP) is 4.35. The fraction of sp³-hybridized carbons (Fsp3) is 1.00. The second kappa shape index (κ2) is 13.2. The van der Waals surface area contributed by atoms with Crippen molar-refractivity contribution in [1.82, 2.24) is 0 Å². The second-order valence-corrected chi connectivity index (χ2v) is 6.70. The van der Waals surface area contributed by atoms with Crippen LogP contribution in [0.5, 0.6) is 0 Å². The van der Waals surface area contributed by atoms with Gasteiger partial charge in [-0.1, -0.05) is 56.5 Å². The molecule has 0 amide bonds. The number of hydrogen-bond donors (Lipinski definition) is 0. The highest BCUT2D eigenvalue weighted by molar-refractivity contribution is 7.48. The topological polar surface area (TPSA) is 90.9 Å². The van der Waals surface area contributed by atoms with Gasteiger partial charge in [-0.25, -0.2) is 14.3 Å². The van der Waals surface area contributed by atoms with Gasteiger partial charge in [0.05, 0.1) is 12.7 Å². The van der Waals surface area contributed by atoms with Gasteiger partial charge in [-0.15, -0.1) is 4.67 Å². The van der Waals surface area contributed by atoms with E-state index in [0.29, 0.717) is 0 Å². The Morgan fingerprint density at radius 2 is 1.70 bits per heavy atom. The van der Waals surface area contributed by atoms with E-state index < -0.39 is 13.9 Å². The predicted molar refractivity (Wildman–Crippen MR) is 78.1 cm³/mol. The van der Waals surface area contributed by atoms with Crippen LogP contribution in [0.25, 0.3) is 0 Å². The monoisotopic (exact) mass is 358 g/mol. The summed E-state index contributed by atoms with van der Waals surface area (Å²) in [5, 5.41) is 12.1. The zero-order chi connectivity index (χ0) is 16.8. The fourth-order valence-corrected chi connectivity index (χ4v) is 2.80. The molecule has 0 radical (unpaired) electrons. The molecule has 0 aromatic heterocycles. The molecule has 0 aliphatic carbocycles. The standard InChI is InChI=1S/C13H27O9P/c1-3-4-5-6-7-8-9-10-11-15-21-23(14)17-13(2)12-16-18-19-20-22-23/h13H,3-12H2,1-2H3. The summed E-state index contributed by atoms with van der Waals surface area (Å²) in [6.07, 6.45) is 8.62. The fourth-order valence-electron chi connectivity index (χ4n) is 1.90. The van der Waals surface area contributed by atoms with Crippen LogP contribution in [-0.4, -0.2) is 19.3 Å². The van der Waals surface area contributed by atoms with Crippen molar-refractivity contribution >= 4 is 7.82 Å². The van der Waals surface area contributed by atoms with Crippen LogP contribution < -0.4 is 0 Å². The third-order valence-electron chi connectivity index (χ3n) is 3.06. The van der Waals surface area contributed by atoms with Crippen LogP contribution in [0.1, 0.15) is 65.2 Å². The summed E-state index contributed by atoms with van der Waals surface area (Å²) in [7, 11) is -4.07. The molecule has 0 aromatic carbocycles. The van der Waals surface area contributed by atoms with Crippen LogP contribution in [0.15, 0.2) is 0 Å².